The number of aromatic nitrogens is 2. The van der Waals surface area contributed by atoms with Crippen LogP contribution >= 0.6 is 15.9 Å². The zero-order valence-electron chi connectivity index (χ0n) is 14.3. The minimum atomic E-state index is -0.502. The lowest BCUT2D eigenvalue weighted by molar-refractivity contribution is 0.102. The second-order valence-corrected chi connectivity index (χ2v) is 6.20. The molecule has 0 aliphatic carbocycles. The molecule has 0 unspecified atom stereocenters. The van der Waals surface area contributed by atoms with Gasteiger partial charge in [-0.15, -0.1) is 0 Å². The Morgan fingerprint density at radius 3 is 2.79 bits per heavy atom. The smallest absolute Gasteiger partial charge is 0.257 e. The van der Waals surface area contributed by atoms with Crippen LogP contribution < -0.4 is 15.4 Å². The average molecular weight is 450 g/mol. The van der Waals surface area contributed by atoms with Crippen molar-refractivity contribution in [2.24, 2.45) is 5.16 Å². The average Bonchev–Trinajstić information content (AvgIpc) is 3.16. The molecule has 1 amide bonds. The summed E-state index contributed by atoms with van der Waals surface area (Å²) in [5.41, 5.74) is 0.652. The van der Waals surface area contributed by atoms with Crippen LogP contribution in [0.3, 0.4) is 0 Å². The number of methoxy groups -OCH3 is 1. The second-order valence-electron chi connectivity index (χ2n) is 5.35. The summed E-state index contributed by atoms with van der Waals surface area (Å²) in [6.07, 6.45) is 0. The number of ether oxygens (including phenoxy) is 1. The Labute approximate surface area is 166 Å². The molecule has 0 radical (unpaired) electrons. The van der Waals surface area contributed by atoms with Crippen molar-refractivity contribution in [2.45, 2.75) is 0 Å². The molecule has 1 heterocycles. The maximum Gasteiger partial charge on any atom is 0.257 e. The van der Waals surface area contributed by atoms with Crippen LogP contribution in [-0.2, 0) is 0 Å². The minimum Gasteiger partial charge on any atom is -0.497 e. The van der Waals surface area contributed by atoms with Gasteiger partial charge in [-0.25, -0.2) is 9.02 Å². The molecule has 2 aromatic carbocycles. The van der Waals surface area contributed by atoms with Crippen molar-refractivity contribution in [1.29, 1.82) is 0 Å². The quantitative estimate of drug-likeness (QED) is 0.236. The summed E-state index contributed by atoms with van der Waals surface area (Å²) in [4.78, 5) is 12.4. The number of oxime groups is 1. The molecule has 11 heteroatoms. The molecule has 0 bridgehead atoms. The topological polar surface area (TPSA) is 122 Å². The molecule has 0 aliphatic rings. The van der Waals surface area contributed by atoms with Crippen molar-refractivity contribution >= 4 is 39.2 Å². The number of amidine groups is 1. The Balaban J connectivity index is 1.81. The van der Waals surface area contributed by atoms with Gasteiger partial charge in [-0.05, 0) is 62.6 Å². The maximum absolute atomic E-state index is 13.4. The van der Waals surface area contributed by atoms with Crippen LogP contribution in [-0.4, -0.2) is 34.4 Å². The van der Waals surface area contributed by atoms with E-state index in [1.54, 1.807) is 18.2 Å². The fraction of sp³-hybridized carbons (Fsp3) is 0.0588. The number of nitrogens with zero attached hydrogens (tertiary/aromatic N) is 3. The molecule has 3 rings (SSSR count). The molecule has 28 heavy (non-hydrogen) atoms. The highest BCUT2D eigenvalue weighted by Gasteiger charge is 2.20. The number of carbonyl (C=O) groups excluding carboxylic acids is 1. The normalized spacial score (nSPS) is 11.2. The Kier molecular flexibility index (Phi) is 5.84. The van der Waals surface area contributed by atoms with Crippen LogP contribution in [0.25, 0.3) is 0 Å². The van der Waals surface area contributed by atoms with E-state index in [1.807, 2.05) is 0 Å². The third-order valence-corrected chi connectivity index (χ3v) is 4.17. The Hall–Kier alpha value is -3.47. The lowest BCUT2D eigenvalue weighted by Crippen LogP contribution is -2.19. The van der Waals surface area contributed by atoms with Gasteiger partial charge in [0.15, 0.2) is 5.69 Å². The van der Waals surface area contributed by atoms with Gasteiger partial charge >= 0.3 is 0 Å². The number of anilines is 2. The largest absolute Gasteiger partial charge is 0.497 e. The highest BCUT2D eigenvalue weighted by Crippen LogP contribution is 2.22. The van der Waals surface area contributed by atoms with Gasteiger partial charge in [0.1, 0.15) is 11.6 Å². The van der Waals surface area contributed by atoms with Crippen molar-refractivity contribution in [3.8, 4) is 5.75 Å². The molecule has 3 aromatic rings. The first-order chi connectivity index (χ1) is 13.5. The predicted molar refractivity (Wildman–Crippen MR) is 101 cm³/mol. The molecular formula is C17H13BrFN5O4. The Morgan fingerprint density at radius 1 is 1.25 bits per heavy atom. The van der Waals surface area contributed by atoms with Crippen molar-refractivity contribution < 1.29 is 23.8 Å². The highest BCUT2D eigenvalue weighted by atomic mass is 79.9. The number of halogens is 2. The van der Waals surface area contributed by atoms with Crippen LogP contribution in [0.15, 0.2) is 56.7 Å². The molecule has 0 saturated carbocycles. The summed E-state index contributed by atoms with van der Waals surface area (Å²) in [5, 5.41) is 24.9. The predicted octanol–water partition coefficient (Wildman–Crippen LogP) is 3.48. The van der Waals surface area contributed by atoms with E-state index in [-0.39, 0.29) is 21.8 Å². The summed E-state index contributed by atoms with van der Waals surface area (Å²) in [7, 11) is 1.49. The van der Waals surface area contributed by atoms with Crippen molar-refractivity contribution in [2.75, 3.05) is 17.7 Å². The number of hydrogen-bond acceptors (Lipinski definition) is 7. The minimum absolute atomic E-state index is 0.0563. The number of rotatable bonds is 5. The zero-order chi connectivity index (χ0) is 20.1. The Bertz CT molecular complexity index is 1040. The number of amides is 1. The first-order valence-electron chi connectivity index (χ1n) is 7.74. The van der Waals surface area contributed by atoms with Gasteiger partial charge < -0.3 is 20.6 Å². The summed E-state index contributed by atoms with van der Waals surface area (Å²) in [5.74, 6) is -0.692. The van der Waals surface area contributed by atoms with E-state index in [0.29, 0.717) is 17.0 Å². The van der Waals surface area contributed by atoms with Gasteiger partial charge in [0.25, 0.3) is 5.91 Å². The molecule has 144 valence electrons. The Morgan fingerprint density at radius 2 is 2.07 bits per heavy atom. The summed E-state index contributed by atoms with van der Waals surface area (Å²) in [6.45, 7) is 0. The molecule has 0 aliphatic heterocycles. The van der Waals surface area contributed by atoms with Gasteiger partial charge in [-0.1, -0.05) is 11.2 Å². The fourth-order valence-corrected chi connectivity index (χ4v) is 2.59. The standard InChI is InChI=1S/C17H13BrFN5O4/c1-27-11-4-2-3-9(7-11)17(25)21-16-14(23-28-24-16)15(22-26)20-10-5-6-13(19)12(18)8-10/h2-8,26H,1H3,(H,20,22)(H,21,24,25). The van der Waals surface area contributed by atoms with Gasteiger partial charge in [-0.3, -0.25) is 4.79 Å². The second kappa shape index (κ2) is 8.48. The van der Waals surface area contributed by atoms with Gasteiger partial charge in [-0.2, -0.15) is 0 Å². The lowest BCUT2D eigenvalue weighted by Gasteiger charge is -2.08. The van der Waals surface area contributed by atoms with Gasteiger partial charge in [0, 0.05) is 11.3 Å². The van der Waals surface area contributed by atoms with E-state index in [9.17, 15) is 14.4 Å². The molecule has 9 nitrogen and oxygen atoms in total. The van der Waals surface area contributed by atoms with Crippen molar-refractivity contribution in [3.63, 3.8) is 0 Å². The molecule has 0 saturated heterocycles. The van der Waals surface area contributed by atoms with E-state index in [1.165, 1.54) is 31.4 Å². The molecule has 0 atom stereocenters. The zero-order valence-corrected chi connectivity index (χ0v) is 15.9. The summed E-state index contributed by atoms with van der Waals surface area (Å²) < 4.78 is 23.3. The molecule has 0 spiro atoms. The van der Waals surface area contributed by atoms with Crippen LogP contribution in [0, 0.1) is 5.82 Å². The van der Waals surface area contributed by atoms with Crippen molar-refractivity contribution in [3.05, 3.63) is 64.0 Å². The SMILES string of the molecule is COc1cccc(C(=O)Nc2nonc2/C(=N/O)Nc2ccc(F)c(Br)c2)c1. The maximum atomic E-state index is 13.4. The number of benzene rings is 2. The third-order valence-electron chi connectivity index (χ3n) is 3.56. The highest BCUT2D eigenvalue weighted by molar-refractivity contribution is 9.10. The number of hydrogen-bond donors (Lipinski definition) is 3. The van der Waals surface area contributed by atoms with Crippen molar-refractivity contribution in [1.82, 2.24) is 10.3 Å². The third kappa shape index (κ3) is 4.26. The molecule has 1 aromatic heterocycles. The fourth-order valence-electron chi connectivity index (χ4n) is 2.21. The first kappa shape index (κ1) is 19.3. The van der Waals surface area contributed by atoms with E-state index < -0.39 is 11.7 Å². The van der Waals surface area contributed by atoms with E-state index in [2.05, 4.69) is 46.7 Å². The number of nitrogens with one attached hydrogen (secondary N) is 2. The summed E-state index contributed by atoms with van der Waals surface area (Å²) in [6, 6.07) is 10.5. The van der Waals surface area contributed by atoms with Gasteiger partial charge in [0.2, 0.25) is 11.7 Å². The van der Waals surface area contributed by atoms with Crippen LogP contribution in [0.2, 0.25) is 0 Å². The van der Waals surface area contributed by atoms with E-state index in [0.717, 1.165) is 0 Å². The first-order valence-corrected chi connectivity index (χ1v) is 8.53. The van der Waals surface area contributed by atoms with Gasteiger partial charge in [0.05, 0.1) is 11.6 Å². The summed E-state index contributed by atoms with van der Waals surface area (Å²) >= 11 is 3.06. The lowest BCUT2D eigenvalue weighted by atomic mass is 10.2. The van der Waals surface area contributed by atoms with Crippen LogP contribution in [0.5, 0.6) is 5.75 Å². The molecule has 0 fully saturated rings. The van der Waals surface area contributed by atoms with E-state index in [4.69, 9.17) is 4.74 Å². The van der Waals surface area contributed by atoms with Crippen LogP contribution in [0.4, 0.5) is 15.9 Å². The number of carbonyl (C=O) groups is 1. The molecular weight excluding hydrogens is 437 g/mol. The monoisotopic (exact) mass is 449 g/mol. The molecule has 3 N–H and O–H groups in total. The van der Waals surface area contributed by atoms with E-state index >= 15 is 0 Å². The van der Waals surface area contributed by atoms with Crippen LogP contribution in [0.1, 0.15) is 16.1 Å².